The maximum Gasteiger partial charge on any atom is 0.244 e. The van der Waals surface area contributed by atoms with Crippen LogP contribution in [-0.2, 0) is 21.4 Å². The van der Waals surface area contributed by atoms with Crippen molar-refractivity contribution in [2.24, 2.45) is 0 Å². The normalized spacial score (nSPS) is 15.6. The Bertz CT molecular complexity index is 846. The smallest absolute Gasteiger partial charge is 0.244 e. The first-order valence-electron chi connectivity index (χ1n) is 8.82. The number of nitrogens with zero attached hydrogens (tertiary/aromatic N) is 3. The zero-order valence-electron chi connectivity index (χ0n) is 15.2. The van der Waals surface area contributed by atoms with E-state index in [-0.39, 0.29) is 16.6 Å². The first kappa shape index (κ1) is 20.3. The van der Waals surface area contributed by atoms with Gasteiger partial charge in [0.2, 0.25) is 15.9 Å². The summed E-state index contributed by atoms with van der Waals surface area (Å²) in [5.74, 6) is 0.285. The van der Waals surface area contributed by atoms with Gasteiger partial charge in [0.05, 0.1) is 17.3 Å². The molecule has 0 saturated carbocycles. The van der Waals surface area contributed by atoms with Gasteiger partial charge in [-0.3, -0.25) is 4.79 Å². The zero-order chi connectivity index (χ0) is 19.3. The van der Waals surface area contributed by atoms with E-state index in [0.717, 1.165) is 24.1 Å². The maximum absolute atomic E-state index is 12.6. The minimum Gasteiger partial charge on any atom is -0.340 e. The Labute approximate surface area is 168 Å². The third-order valence-electron chi connectivity index (χ3n) is 4.40. The molecule has 0 bridgehead atoms. The number of aromatic nitrogens is 1. The van der Waals surface area contributed by atoms with Crippen molar-refractivity contribution >= 4 is 39.0 Å². The number of sulfonamides is 1. The fraction of sp³-hybridized carbons (Fsp3) is 0.444. The molecule has 1 fully saturated rings. The predicted molar refractivity (Wildman–Crippen MR) is 108 cm³/mol. The molecule has 1 aliphatic heterocycles. The van der Waals surface area contributed by atoms with Crippen LogP contribution in [0.1, 0.15) is 24.1 Å². The summed E-state index contributed by atoms with van der Waals surface area (Å²) in [6.07, 6.45) is 4.28. The average molecular weight is 426 g/mol. The Morgan fingerprint density at radius 2 is 2.04 bits per heavy atom. The van der Waals surface area contributed by atoms with E-state index in [1.807, 2.05) is 17.5 Å². The van der Waals surface area contributed by atoms with Crippen molar-refractivity contribution in [1.82, 2.24) is 14.2 Å². The number of carbonyl (C=O) groups excluding carboxylic acids is 1. The topological polar surface area (TPSA) is 70.6 Å². The molecular formula is C18H23N3O3S3. The predicted octanol–water partition coefficient (Wildman–Crippen LogP) is 3.07. The molecule has 0 aliphatic carbocycles. The molecule has 146 valence electrons. The number of thioether (sulfide) groups is 1. The van der Waals surface area contributed by atoms with E-state index >= 15 is 0 Å². The third-order valence-corrected chi connectivity index (χ3v) is 8.08. The van der Waals surface area contributed by atoms with Crippen LogP contribution in [-0.4, -0.2) is 54.4 Å². The SMILES string of the molecule is CN(Cc1cccs1)C(=O)CSc1ccc(S(=O)(=O)N2CCCCC2)cn1. The lowest BCUT2D eigenvalue weighted by Gasteiger charge is -2.25. The molecular weight excluding hydrogens is 402 g/mol. The lowest BCUT2D eigenvalue weighted by molar-refractivity contribution is -0.127. The van der Waals surface area contributed by atoms with Gasteiger partial charge in [-0.2, -0.15) is 4.31 Å². The molecule has 1 amide bonds. The van der Waals surface area contributed by atoms with Crippen LogP contribution in [0.4, 0.5) is 0 Å². The second-order valence-electron chi connectivity index (χ2n) is 6.41. The average Bonchev–Trinajstić information content (AvgIpc) is 3.20. The van der Waals surface area contributed by atoms with Gasteiger partial charge in [-0.1, -0.05) is 24.2 Å². The number of carbonyl (C=O) groups is 1. The van der Waals surface area contributed by atoms with Crippen LogP contribution in [0.3, 0.4) is 0 Å². The van der Waals surface area contributed by atoms with Crippen molar-refractivity contribution in [3.05, 3.63) is 40.7 Å². The van der Waals surface area contributed by atoms with Crippen molar-refractivity contribution < 1.29 is 13.2 Å². The van der Waals surface area contributed by atoms with Crippen LogP contribution >= 0.6 is 23.1 Å². The van der Waals surface area contributed by atoms with Crippen LogP contribution in [0.25, 0.3) is 0 Å². The monoisotopic (exact) mass is 425 g/mol. The molecule has 6 nitrogen and oxygen atoms in total. The highest BCUT2D eigenvalue weighted by Crippen LogP contribution is 2.22. The Kier molecular flexibility index (Phi) is 6.91. The highest BCUT2D eigenvalue weighted by molar-refractivity contribution is 7.99. The lowest BCUT2D eigenvalue weighted by Crippen LogP contribution is -2.35. The summed E-state index contributed by atoms with van der Waals surface area (Å²) >= 11 is 2.94. The fourth-order valence-electron chi connectivity index (χ4n) is 2.83. The van der Waals surface area contributed by atoms with Crippen molar-refractivity contribution in [1.29, 1.82) is 0 Å². The molecule has 0 unspecified atom stereocenters. The number of amides is 1. The molecule has 2 aromatic rings. The summed E-state index contributed by atoms with van der Waals surface area (Å²) in [7, 11) is -1.68. The number of hydrogen-bond acceptors (Lipinski definition) is 6. The van der Waals surface area contributed by atoms with Crippen LogP contribution in [0, 0.1) is 0 Å². The van der Waals surface area contributed by atoms with E-state index in [1.54, 1.807) is 35.4 Å². The number of piperidine rings is 1. The van der Waals surface area contributed by atoms with Crippen molar-refractivity contribution in [2.45, 2.75) is 35.7 Å². The Morgan fingerprint density at radius 3 is 2.67 bits per heavy atom. The highest BCUT2D eigenvalue weighted by Gasteiger charge is 2.26. The van der Waals surface area contributed by atoms with Gasteiger partial charge >= 0.3 is 0 Å². The number of hydrogen-bond donors (Lipinski definition) is 0. The van der Waals surface area contributed by atoms with E-state index in [0.29, 0.717) is 24.7 Å². The largest absolute Gasteiger partial charge is 0.340 e. The number of thiophene rings is 1. The summed E-state index contributed by atoms with van der Waals surface area (Å²) in [6, 6.07) is 7.23. The van der Waals surface area contributed by atoms with Crippen LogP contribution in [0.2, 0.25) is 0 Å². The molecule has 27 heavy (non-hydrogen) atoms. The quantitative estimate of drug-likeness (QED) is 0.638. The van der Waals surface area contributed by atoms with Gasteiger partial charge in [-0.15, -0.1) is 11.3 Å². The molecule has 1 aliphatic rings. The molecule has 0 aromatic carbocycles. The lowest BCUT2D eigenvalue weighted by atomic mass is 10.2. The van der Waals surface area contributed by atoms with E-state index in [9.17, 15) is 13.2 Å². The first-order valence-corrected chi connectivity index (χ1v) is 12.1. The van der Waals surface area contributed by atoms with E-state index in [4.69, 9.17) is 0 Å². The maximum atomic E-state index is 12.6. The number of rotatable bonds is 7. The summed E-state index contributed by atoms with van der Waals surface area (Å²) in [5, 5.41) is 2.64. The van der Waals surface area contributed by atoms with Crippen molar-refractivity contribution in [2.75, 3.05) is 25.9 Å². The van der Waals surface area contributed by atoms with Crippen LogP contribution in [0.15, 0.2) is 45.8 Å². The van der Waals surface area contributed by atoms with Gasteiger partial charge < -0.3 is 4.90 Å². The fourth-order valence-corrected chi connectivity index (χ4v) is 5.83. The minimum atomic E-state index is -3.47. The van der Waals surface area contributed by atoms with Gasteiger partial charge in [0.1, 0.15) is 4.90 Å². The second-order valence-corrected chi connectivity index (χ2v) is 10.4. The molecule has 9 heteroatoms. The molecule has 2 aromatic heterocycles. The molecule has 0 N–H and O–H groups in total. The second kappa shape index (κ2) is 9.18. The van der Waals surface area contributed by atoms with Crippen molar-refractivity contribution in [3.8, 4) is 0 Å². The first-order chi connectivity index (χ1) is 13.0. The molecule has 0 radical (unpaired) electrons. The Balaban J connectivity index is 1.55. The Hall–Kier alpha value is -1.42. The van der Waals surface area contributed by atoms with Gasteiger partial charge in [0.15, 0.2) is 0 Å². The number of pyridine rings is 1. The zero-order valence-corrected chi connectivity index (χ0v) is 17.7. The van der Waals surface area contributed by atoms with Crippen molar-refractivity contribution in [3.63, 3.8) is 0 Å². The van der Waals surface area contributed by atoms with Crippen LogP contribution < -0.4 is 0 Å². The van der Waals surface area contributed by atoms with E-state index in [2.05, 4.69) is 4.98 Å². The highest BCUT2D eigenvalue weighted by atomic mass is 32.2. The summed E-state index contributed by atoms with van der Waals surface area (Å²) < 4.78 is 26.8. The summed E-state index contributed by atoms with van der Waals surface area (Å²) in [5.41, 5.74) is 0. The minimum absolute atomic E-state index is 0.0141. The van der Waals surface area contributed by atoms with Gasteiger partial charge in [-0.05, 0) is 36.4 Å². The standard InChI is InChI=1S/C18H23N3O3S3/c1-20(13-15-6-5-11-25-15)18(22)14-26-17-8-7-16(12-19-17)27(23,24)21-9-3-2-4-10-21/h5-8,11-12H,2-4,9-10,13-14H2,1H3. The Morgan fingerprint density at radius 1 is 1.26 bits per heavy atom. The molecule has 0 spiro atoms. The molecule has 3 rings (SSSR count). The summed E-state index contributed by atoms with van der Waals surface area (Å²) in [6.45, 7) is 1.74. The summed E-state index contributed by atoms with van der Waals surface area (Å²) in [4.78, 5) is 19.5. The third kappa shape index (κ3) is 5.31. The molecule has 0 atom stereocenters. The molecule has 1 saturated heterocycles. The van der Waals surface area contributed by atoms with E-state index in [1.165, 1.54) is 22.3 Å². The van der Waals surface area contributed by atoms with Gasteiger partial charge in [0.25, 0.3) is 0 Å². The molecule has 3 heterocycles. The van der Waals surface area contributed by atoms with E-state index < -0.39 is 10.0 Å². The van der Waals surface area contributed by atoms with Gasteiger partial charge in [-0.25, -0.2) is 13.4 Å². The van der Waals surface area contributed by atoms with Gasteiger partial charge in [0, 0.05) is 31.2 Å². The van der Waals surface area contributed by atoms with Crippen LogP contribution in [0.5, 0.6) is 0 Å².